The highest BCUT2D eigenvalue weighted by molar-refractivity contribution is 5.76. The third-order valence-electron chi connectivity index (χ3n) is 2.10. The first kappa shape index (κ1) is 12.3. The summed E-state index contributed by atoms with van der Waals surface area (Å²) in [5.74, 6) is 1.25. The lowest BCUT2D eigenvalue weighted by Crippen LogP contribution is -1.98. The van der Waals surface area contributed by atoms with Gasteiger partial charge in [-0.1, -0.05) is 12.2 Å². The van der Waals surface area contributed by atoms with Gasteiger partial charge in [0.2, 0.25) is 0 Å². The summed E-state index contributed by atoms with van der Waals surface area (Å²) in [6, 6.07) is 5.12. The van der Waals surface area contributed by atoms with Crippen LogP contribution >= 0.6 is 0 Å². The summed E-state index contributed by atoms with van der Waals surface area (Å²) >= 11 is 0. The number of methoxy groups -OCH3 is 1. The Labute approximate surface area is 95.7 Å². The zero-order valence-corrected chi connectivity index (χ0v) is 9.60. The van der Waals surface area contributed by atoms with Gasteiger partial charge in [-0.15, -0.1) is 0 Å². The van der Waals surface area contributed by atoms with E-state index in [1.165, 1.54) is 0 Å². The van der Waals surface area contributed by atoms with E-state index in [1.807, 2.05) is 19.1 Å². The van der Waals surface area contributed by atoms with Gasteiger partial charge in [-0.25, -0.2) is 0 Å². The second-order valence-electron chi connectivity index (χ2n) is 3.23. The Hall–Kier alpha value is -1.77. The number of ether oxygens (including phenoxy) is 2. The predicted octanol–water partition coefficient (Wildman–Crippen LogP) is 2.85. The molecule has 0 heterocycles. The van der Waals surface area contributed by atoms with Crippen LogP contribution < -0.4 is 9.47 Å². The molecule has 16 heavy (non-hydrogen) atoms. The lowest BCUT2D eigenvalue weighted by molar-refractivity contribution is 0.112. The Morgan fingerprint density at radius 2 is 2.12 bits per heavy atom. The van der Waals surface area contributed by atoms with Gasteiger partial charge in [-0.3, -0.25) is 4.79 Å². The average molecular weight is 220 g/mol. The minimum Gasteiger partial charge on any atom is -0.493 e. The van der Waals surface area contributed by atoms with Gasteiger partial charge in [0.25, 0.3) is 0 Å². The molecule has 0 amide bonds. The molecule has 0 saturated carbocycles. The molecule has 0 N–H and O–H groups in total. The van der Waals surface area contributed by atoms with Crippen LogP contribution in [-0.2, 0) is 0 Å². The molecule has 0 aliphatic heterocycles. The van der Waals surface area contributed by atoms with Gasteiger partial charge in [0.05, 0.1) is 13.7 Å². The number of rotatable bonds is 6. The molecule has 1 aromatic carbocycles. The van der Waals surface area contributed by atoms with E-state index in [0.717, 1.165) is 12.7 Å². The maximum absolute atomic E-state index is 10.6. The molecule has 86 valence electrons. The highest BCUT2D eigenvalue weighted by Crippen LogP contribution is 2.27. The fourth-order valence-corrected chi connectivity index (χ4v) is 1.28. The van der Waals surface area contributed by atoms with Crippen molar-refractivity contribution in [2.24, 2.45) is 0 Å². The quantitative estimate of drug-likeness (QED) is 0.420. The molecule has 3 nitrogen and oxygen atoms in total. The van der Waals surface area contributed by atoms with Crippen LogP contribution in [0.4, 0.5) is 0 Å². The lowest BCUT2D eigenvalue weighted by atomic mass is 10.2. The number of carbonyl (C=O) groups is 1. The first-order valence-electron chi connectivity index (χ1n) is 5.19. The van der Waals surface area contributed by atoms with Crippen LogP contribution in [0.1, 0.15) is 23.7 Å². The molecule has 0 saturated heterocycles. The van der Waals surface area contributed by atoms with E-state index in [4.69, 9.17) is 9.47 Å². The molecular weight excluding hydrogens is 204 g/mol. The Balaban J connectivity index is 2.67. The van der Waals surface area contributed by atoms with Gasteiger partial charge in [0.1, 0.15) is 6.29 Å². The number of benzene rings is 1. The van der Waals surface area contributed by atoms with E-state index in [1.54, 1.807) is 25.3 Å². The monoisotopic (exact) mass is 220 g/mol. The fourth-order valence-electron chi connectivity index (χ4n) is 1.28. The van der Waals surface area contributed by atoms with Gasteiger partial charge in [0.15, 0.2) is 11.5 Å². The second-order valence-corrected chi connectivity index (χ2v) is 3.23. The number of carbonyl (C=O) groups excluding carboxylic acids is 1. The zero-order valence-electron chi connectivity index (χ0n) is 9.60. The van der Waals surface area contributed by atoms with Crippen molar-refractivity contribution >= 4 is 6.29 Å². The Morgan fingerprint density at radius 3 is 2.75 bits per heavy atom. The maximum Gasteiger partial charge on any atom is 0.161 e. The summed E-state index contributed by atoms with van der Waals surface area (Å²) in [5.41, 5.74) is 0.581. The molecule has 0 unspecified atom stereocenters. The fraction of sp³-hybridized carbons (Fsp3) is 0.308. The average Bonchev–Trinajstić information content (AvgIpc) is 2.34. The Kier molecular flexibility index (Phi) is 5.12. The van der Waals surface area contributed by atoms with Crippen LogP contribution in [0.3, 0.4) is 0 Å². The van der Waals surface area contributed by atoms with Crippen LogP contribution in [0.25, 0.3) is 0 Å². The molecule has 0 atom stereocenters. The topological polar surface area (TPSA) is 35.5 Å². The van der Waals surface area contributed by atoms with Crippen molar-refractivity contribution in [3.8, 4) is 11.5 Å². The summed E-state index contributed by atoms with van der Waals surface area (Å²) in [5, 5.41) is 0. The van der Waals surface area contributed by atoms with Crippen molar-refractivity contribution in [3.05, 3.63) is 35.9 Å². The summed E-state index contributed by atoms with van der Waals surface area (Å²) in [7, 11) is 1.56. The number of hydrogen-bond donors (Lipinski definition) is 0. The van der Waals surface area contributed by atoms with Crippen LogP contribution in [0.15, 0.2) is 30.4 Å². The van der Waals surface area contributed by atoms with Crippen molar-refractivity contribution in [3.63, 3.8) is 0 Å². The van der Waals surface area contributed by atoms with Gasteiger partial charge in [-0.05, 0) is 31.5 Å². The van der Waals surface area contributed by atoms with Crippen molar-refractivity contribution in [1.29, 1.82) is 0 Å². The van der Waals surface area contributed by atoms with E-state index in [2.05, 4.69) is 0 Å². The Bertz CT molecular complexity index is 369. The maximum atomic E-state index is 10.6. The third kappa shape index (κ3) is 3.42. The molecule has 0 bridgehead atoms. The minimum absolute atomic E-state index is 0.581. The van der Waals surface area contributed by atoms with Gasteiger partial charge in [0, 0.05) is 5.56 Å². The van der Waals surface area contributed by atoms with Crippen LogP contribution in [-0.4, -0.2) is 20.0 Å². The van der Waals surface area contributed by atoms with E-state index in [-0.39, 0.29) is 0 Å². The first-order chi connectivity index (χ1) is 7.81. The SMILES string of the molecule is CC=CCCOc1ccc(C=O)cc1OC. The molecule has 1 rings (SSSR count). The number of allylic oxidation sites excluding steroid dienone is 1. The molecule has 0 spiro atoms. The zero-order chi connectivity index (χ0) is 11.8. The molecule has 0 aliphatic rings. The van der Waals surface area contributed by atoms with Crippen LogP contribution in [0.2, 0.25) is 0 Å². The highest BCUT2D eigenvalue weighted by atomic mass is 16.5. The third-order valence-corrected chi connectivity index (χ3v) is 2.10. The predicted molar refractivity (Wildman–Crippen MR) is 63.3 cm³/mol. The second kappa shape index (κ2) is 6.67. The van der Waals surface area contributed by atoms with E-state index in [0.29, 0.717) is 23.7 Å². The van der Waals surface area contributed by atoms with Gasteiger partial charge < -0.3 is 9.47 Å². The van der Waals surface area contributed by atoms with Crippen molar-refractivity contribution in [2.75, 3.05) is 13.7 Å². The summed E-state index contributed by atoms with van der Waals surface area (Å²) in [4.78, 5) is 10.6. The smallest absolute Gasteiger partial charge is 0.161 e. The summed E-state index contributed by atoms with van der Waals surface area (Å²) in [6.07, 6.45) is 5.66. The number of hydrogen-bond acceptors (Lipinski definition) is 3. The minimum atomic E-state index is 0.581. The Morgan fingerprint density at radius 1 is 1.31 bits per heavy atom. The molecule has 3 heteroatoms. The largest absolute Gasteiger partial charge is 0.493 e. The molecule has 1 aromatic rings. The molecule has 0 aromatic heterocycles. The molecule has 0 fully saturated rings. The van der Waals surface area contributed by atoms with Crippen LogP contribution in [0, 0.1) is 0 Å². The van der Waals surface area contributed by atoms with Crippen molar-refractivity contribution in [2.45, 2.75) is 13.3 Å². The van der Waals surface area contributed by atoms with Crippen LogP contribution in [0.5, 0.6) is 11.5 Å². The first-order valence-corrected chi connectivity index (χ1v) is 5.19. The summed E-state index contributed by atoms with van der Waals surface area (Å²) in [6.45, 7) is 2.57. The standard InChI is InChI=1S/C13H16O3/c1-3-4-5-8-16-12-7-6-11(10-14)9-13(12)15-2/h3-4,6-7,9-10H,5,8H2,1-2H3. The molecule has 0 radical (unpaired) electrons. The van der Waals surface area contributed by atoms with E-state index >= 15 is 0 Å². The summed E-state index contributed by atoms with van der Waals surface area (Å²) < 4.78 is 10.7. The van der Waals surface area contributed by atoms with Gasteiger partial charge in [-0.2, -0.15) is 0 Å². The highest BCUT2D eigenvalue weighted by Gasteiger charge is 2.04. The van der Waals surface area contributed by atoms with Crippen molar-refractivity contribution < 1.29 is 14.3 Å². The van der Waals surface area contributed by atoms with Crippen molar-refractivity contribution in [1.82, 2.24) is 0 Å². The number of aldehydes is 1. The van der Waals surface area contributed by atoms with E-state index < -0.39 is 0 Å². The molecule has 0 aliphatic carbocycles. The molecular formula is C13H16O3. The lowest BCUT2D eigenvalue weighted by Gasteiger charge is -2.09. The normalized spacial score (nSPS) is 10.4. The van der Waals surface area contributed by atoms with E-state index in [9.17, 15) is 4.79 Å². The van der Waals surface area contributed by atoms with Gasteiger partial charge >= 0.3 is 0 Å².